The average Bonchev–Trinajstić information content (AvgIpc) is 2.24. The number of hydrogen-bond donors (Lipinski definition) is 1. The number of ether oxygens (including phenoxy) is 1. The van der Waals surface area contributed by atoms with E-state index < -0.39 is 11.6 Å². The van der Waals surface area contributed by atoms with Gasteiger partial charge < -0.3 is 14.7 Å². The lowest BCUT2D eigenvalue weighted by Crippen LogP contribution is -2.39. The molecule has 1 N–H and O–H groups in total. The molecule has 5 heteroatoms. The fraction of sp³-hybridized carbons (Fsp3) is 0.846. The predicted octanol–water partition coefficient (Wildman–Crippen LogP) is 1.51. The maximum Gasteiger partial charge on any atom is 0.309 e. The number of carbonyl (C=O) groups excluding carboxylic acids is 1. The highest BCUT2D eigenvalue weighted by Crippen LogP contribution is 2.21. The molecular formula is C13H23NO4. The van der Waals surface area contributed by atoms with E-state index in [2.05, 4.69) is 4.90 Å². The van der Waals surface area contributed by atoms with E-state index in [1.165, 1.54) is 0 Å². The second-order valence-electron chi connectivity index (χ2n) is 5.79. The summed E-state index contributed by atoms with van der Waals surface area (Å²) in [4.78, 5) is 24.4. The molecule has 0 spiro atoms. The van der Waals surface area contributed by atoms with Gasteiger partial charge in [0.2, 0.25) is 0 Å². The van der Waals surface area contributed by atoms with Crippen molar-refractivity contribution in [2.24, 2.45) is 5.92 Å². The molecule has 1 rings (SSSR count). The minimum atomic E-state index is -0.774. The molecule has 5 nitrogen and oxygen atoms in total. The summed E-state index contributed by atoms with van der Waals surface area (Å²) < 4.78 is 5.36. The Bertz CT molecular complexity index is 301. The fourth-order valence-electron chi connectivity index (χ4n) is 2.03. The lowest BCUT2D eigenvalue weighted by molar-refractivity contribution is -0.161. The highest BCUT2D eigenvalue weighted by molar-refractivity contribution is 5.73. The second kappa shape index (κ2) is 6.18. The van der Waals surface area contributed by atoms with Crippen molar-refractivity contribution in [1.82, 2.24) is 4.90 Å². The molecule has 0 aromatic carbocycles. The van der Waals surface area contributed by atoms with Crippen LogP contribution in [0, 0.1) is 5.92 Å². The molecule has 0 atom stereocenters. The van der Waals surface area contributed by atoms with Crippen LogP contribution in [0.2, 0.25) is 0 Å². The summed E-state index contributed by atoms with van der Waals surface area (Å²) in [5.74, 6) is -0.935. The SMILES string of the molecule is CC(C)(C)OC(=O)C1CCN(CCC(=O)O)CC1. The third kappa shape index (κ3) is 5.49. The molecule has 1 fully saturated rings. The summed E-state index contributed by atoms with van der Waals surface area (Å²) in [7, 11) is 0. The predicted molar refractivity (Wildman–Crippen MR) is 67.3 cm³/mol. The van der Waals surface area contributed by atoms with Gasteiger partial charge in [-0.05, 0) is 46.7 Å². The molecule has 0 amide bonds. The first-order chi connectivity index (χ1) is 8.28. The van der Waals surface area contributed by atoms with Gasteiger partial charge in [-0.25, -0.2) is 0 Å². The Morgan fingerprint density at radius 1 is 1.28 bits per heavy atom. The quantitative estimate of drug-likeness (QED) is 0.773. The summed E-state index contributed by atoms with van der Waals surface area (Å²) in [5.41, 5.74) is -0.433. The summed E-state index contributed by atoms with van der Waals surface area (Å²) in [6.45, 7) is 7.72. The van der Waals surface area contributed by atoms with E-state index in [1.54, 1.807) is 0 Å². The Labute approximate surface area is 108 Å². The molecule has 0 unspecified atom stereocenters. The Morgan fingerprint density at radius 3 is 2.28 bits per heavy atom. The zero-order chi connectivity index (χ0) is 13.8. The van der Waals surface area contributed by atoms with Gasteiger partial charge in [-0.2, -0.15) is 0 Å². The number of carboxylic acid groups (broad SMARTS) is 1. The minimum Gasteiger partial charge on any atom is -0.481 e. The smallest absolute Gasteiger partial charge is 0.309 e. The number of aliphatic carboxylic acids is 1. The van der Waals surface area contributed by atoms with Gasteiger partial charge in [-0.1, -0.05) is 0 Å². The molecule has 18 heavy (non-hydrogen) atoms. The van der Waals surface area contributed by atoms with Crippen LogP contribution >= 0.6 is 0 Å². The van der Waals surface area contributed by atoms with Gasteiger partial charge in [0.05, 0.1) is 12.3 Å². The van der Waals surface area contributed by atoms with Crippen LogP contribution in [0.1, 0.15) is 40.0 Å². The number of rotatable bonds is 4. The van der Waals surface area contributed by atoms with Crippen molar-refractivity contribution in [3.05, 3.63) is 0 Å². The number of esters is 1. The van der Waals surface area contributed by atoms with Gasteiger partial charge in [0.1, 0.15) is 5.60 Å². The number of carbonyl (C=O) groups is 2. The van der Waals surface area contributed by atoms with Gasteiger partial charge in [0, 0.05) is 6.54 Å². The maximum absolute atomic E-state index is 11.9. The molecule has 0 aromatic rings. The van der Waals surface area contributed by atoms with Crippen molar-refractivity contribution in [2.75, 3.05) is 19.6 Å². The van der Waals surface area contributed by atoms with Crippen LogP contribution in [0.25, 0.3) is 0 Å². The monoisotopic (exact) mass is 257 g/mol. The third-order valence-corrected chi connectivity index (χ3v) is 2.97. The Hall–Kier alpha value is -1.10. The molecule has 1 saturated heterocycles. The lowest BCUT2D eigenvalue weighted by Gasteiger charge is -2.32. The molecule has 0 bridgehead atoms. The van der Waals surface area contributed by atoms with E-state index in [-0.39, 0.29) is 18.3 Å². The molecule has 0 aromatic heterocycles. The topological polar surface area (TPSA) is 66.8 Å². The van der Waals surface area contributed by atoms with Crippen LogP contribution in [-0.4, -0.2) is 47.2 Å². The number of piperidine rings is 1. The highest BCUT2D eigenvalue weighted by Gasteiger charge is 2.28. The maximum atomic E-state index is 11.9. The molecule has 104 valence electrons. The molecule has 0 aliphatic carbocycles. The van der Waals surface area contributed by atoms with Crippen molar-refractivity contribution >= 4 is 11.9 Å². The number of nitrogens with zero attached hydrogens (tertiary/aromatic N) is 1. The van der Waals surface area contributed by atoms with E-state index >= 15 is 0 Å². The molecular weight excluding hydrogens is 234 g/mol. The average molecular weight is 257 g/mol. The fourth-order valence-corrected chi connectivity index (χ4v) is 2.03. The Morgan fingerprint density at radius 2 is 1.83 bits per heavy atom. The van der Waals surface area contributed by atoms with E-state index in [0.717, 1.165) is 25.9 Å². The molecule has 1 aliphatic heterocycles. The number of hydrogen-bond acceptors (Lipinski definition) is 4. The standard InChI is InChI=1S/C13H23NO4/c1-13(2,3)18-12(17)10-4-7-14(8-5-10)9-6-11(15)16/h10H,4-9H2,1-3H3,(H,15,16). The van der Waals surface area contributed by atoms with Crippen LogP contribution in [0.5, 0.6) is 0 Å². The van der Waals surface area contributed by atoms with Crippen LogP contribution in [0.3, 0.4) is 0 Å². The summed E-state index contributed by atoms with van der Waals surface area (Å²) >= 11 is 0. The normalized spacial score (nSPS) is 18.6. The molecule has 0 radical (unpaired) electrons. The summed E-state index contributed by atoms with van der Waals surface area (Å²) in [6.07, 6.45) is 1.68. The number of carboxylic acids is 1. The Kier molecular flexibility index (Phi) is 5.14. The van der Waals surface area contributed by atoms with Crippen LogP contribution in [0.15, 0.2) is 0 Å². The summed E-state index contributed by atoms with van der Waals surface area (Å²) in [5, 5.41) is 8.61. The highest BCUT2D eigenvalue weighted by atomic mass is 16.6. The minimum absolute atomic E-state index is 0.0368. The number of likely N-dealkylation sites (tertiary alicyclic amines) is 1. The summed E-state index contributed by atoms with van der Waals surface area (Å²) in [6, 6.07) is 0. The largest absolute Gasteiger partial charge is 0.481 e. The van der Waals surface area contributed by atoms with E-state index in [4.69, 9.17) is 9.84 Å². The lowest BCUT2D eigenvalue weighted by atomic mass is 9.96. The second-order valence-corrected chi connectivity index (χ2v) is 5.79. The van der Waals surface area contributed by atoms with E-state index in [9.17, 15) is 9.59 Å². The molecule has 1 heterocycles. The van der Waals surface area contributed by atoms with Gasteiger partial charge >= 0.3 is 11.9 Å². The van der Waals surface area contributed by atoms with Crippen molar-refractivity contribution in [2.45, 2.75) is 45.6 Å². The molecule has 0 saturated carbocycles. The van der Waals surface area contributed by atoms with Gasteiger partial charge in [-0.15, -0.1) is 0 Å². The van der Waals surface area contributed by atoms with Crippen molar-refractivity contribution in [3.8, 4) is 0 Å². The van der Waals surface area contributed by atoms with Crippen molar-refractivity contribution in [3.63, 3.8) is 0 Å². The van der Waals surface area contributed by atoms with E-state index in [1.807, 2.05) is 20.8 Å². The zero-order valence-corrected chi connectivity index (χ0v) is 11.4. The van der Waals surface area contributed by atoms with Gasteiger partial charge in [-0.3, -0.25) is 9.59 Å². The van der Waals surface area contributed by atoms with Crippen LogP contribution in [-0.2, 0) is 14.3 Å². The zero-order valence-electron chi connectivity index (χ0n) is 11.4. The first-order valence-corrected chi connectivity index (χ1v) is 6.45. The van der Waals surface area contributed by atoms with Crippen molar-refractivity contribution < 1.29 is 19.4 Å². The molecule has 1 aliphatic rings. The van der Waals surface area contributed by atoms with E-state index in [0.29, 0.717) is 6.54 Å². The Balaban J connectivity index is 2.30. The first-order valence-electron chi connectivity index (χ1n) is 6.45. The van der Waals surface area contributed by atoms with Crippen LogP contribution < -0.4 is 0 Å². The van der Waals surface area contributed by atoms with Crippen LogP contribution in [0.4, 0.5) is 0 Å². The first kappa shape index (κ1) is 15.0. The van der Waals surface area contributed by atoms with Gasteiger partial charge in [0.25, 0.3) is 0 Å². The van der Waals surface area contributed by atoms with Crippen molar-refractivity contribution in [1.29, 1.82) is 0 Å². The van der Waals surface area contributed by atoms with Gasteiger partial charge in [0.15, 0.2) is 0 Å². The third-order valence-electron chi connectivity index (χ3n) is 2.97.